The highest BCUT2D eigenvalue weighted by Crippen LogP contribution is 2.39. The zero-order chi connectivity index (χ0) is 19.3. The molecule has 0 saturated carbocycles. The van der Waals surface area contributed by atoms with Gasteiger partial charge >= 0.3 is 0 Å². The largest absolute Gasteiger partial charge is 0.361 e. The third-order valence-corrected chi connectivity index (χ3v) is 6.05. The molecule has 2 aromatic heterocycles. The van der Waals surface area contributed by atoms with Crippen molar-refractivity contribution in [2.45, 2.75) is 19.4 Å². The van der Waals surface area contributed by atoms with Crippen LogP contribution in [0.4, 0.5) is 0 Å². The van der Waals surface area contributed by atoms with Crippen molar-refractivity contribution in [1.29, 1.82) is 0 Å². The van der Waals surface area contributed by atoms with E-state index in [1.54, 1.807) is 0 Å². The standard InChI is InChI=1S/C22H19BrN4O/c1-13-19-20(26-25-13)22(28)27(21(19)14-6-8-16(23)9-7-14)11-10-15-12-24-18-5-3-2-4-17(15)18/h2-9,12,21,24H,10-11H2,1H3,(H,25,26)/t21-/m1/s1. The van der Waals surface area contributed by atoms with Crippen molar-refractivity contribution in [1.82, 2.24) is 20.1 Å². The normalized spacial score (nSPS) is 16.1. The molecular weight excluding hydrogens is 416 g/mol. The number of benzene rings is 2. The lowest BCUT2D eigenvalue weighted by Crippen LogP contribution is -2.31. The molecule has 5 rings (SSSR count). The van der Waals surface area contributed by atoms with Gasteiger partial charge in [-0.15, -0.1) is 0 Å². The molecule has 0 aliphatic carbocycles. The Morgan fingerprint density at radius 3 is 2.75 bits per heavy atom. The highest BCUT2D eigenvalue weighted by Gasteiger charge is 2.41. The van der Waals surface area contributed by atoms with E-state index in [0.29, 0.717) is 12.2 Å². The molecule has 1 amide bonds. The number of H-pyrrole nitrogens is 2. The highest BCUT2D eigenvalue weighted by molar-refractivity contribution is 9.10. The fraction of sp³-hybridized carbons (Fsp3) is 0.182. The van der Waals surface area contributed by atoms with Crippen LogP contribution in [0.2, 0.25) is 0 Å². The molecule has 28 heavy (non-hydrogen) atoms. The molecular formula is C22H19BrN4O. The van der Waals surface area contributed by atoms with Crippen LogP contribution in [0.3, 0.4) is 0 Å². The summed E-state index contributed by atoms with van der Waals surface area (Å²) in [4.78, 5) is 18.4. The Bertz CT molecular complexity index is 1170. The number of aromatic amines is 2. The molecule has 0 unspecified atom stereocenters. The number of hydrogen-bond acceptors (Lipinski definition) is 2. The van der Waals surface area contributed by atoms with E-state index in [2.05, 4.69) is 55.4 Å². The van der Waals surface area contributed by atoms with Gasteiger partial charge in [-0.05, 0) is 42.7 Å². The summed E-state index contributed by atoms with van der Waals surface area (Å²) in [7, 11) is 0. The lowest BCUT2D eigenvalue weighted by Gasteiger charge is -2.26. The van der Waals surface area contributed by atoms with Crippen molar-refractivity contribution in [3.05, 3.63) is 87.3 Å². The highest BCUT2D eigenvalue weighted by atomic mass is 79.9. The Morgan fingerprint density at radius 1 is 1.14 bits per heavy atom. The van der Waals surface area contributed by atoms with Crippen LogP contribution in [0, 0.1) is 6.92 Å². The molecule has 6 heteroatoms. The predicted octanol–water partition coefficient (Wildman–Crippen LogP) is 4.75. The van der Waals surface area contributed by atoms with Gasteiger partial charge in [-0.2, -0.15) is 5.10 Å². The molecule has 5 nitrogen and oxygen atoms in total. The third kappa shape index (κ3) is 2.67. The van der Waals surface area contributed by atoms with Crippen LogP contribution in [0.15, 0.2) is 59.2 Å². The smallest absolute Gasteiger partial charge is 0.275 e. The second kappa shape index (κ2) is 6.63. The Kier molecular flexibility index (Phi) is 4.09. The minimum atomic E-state index is -0.112. The summed E-state index contributed by atoms with van der Waals surface area (Å²) >= 11 is 3.50. The molecule has 4 aromatic rings. The number of fused-ring (bicyclic) bond motifs is 2. The Labute approximate surface area is 170 Å². The molecule has 140 valence electrons. The van der Waals surface area contributed by atoms with Crippen molar-refractivity contribution in [2.24, 2.45) is 0 Å². The third-order valence-electron chi connectivity index (χ3n) is 5.53. The summed E-state index contributed by atoms with van der Waals surface area (Å²) in [5.41, 5.74) is 5.93. The first kappa shape index (κ1) is 17.3. The van der Waals surface area contributed by atoms with Crippen LogP contribution in [-0.2, 0) is 6.42 Å². The first-order valence-corrected chi connectivity index (χ1v) is 10.1. The summed E-state index contributed by atoms with van der Waals surface area (Å²) in [5, 5.41) is 8.48. The summed E-state index contributed by atoms with van der Waals surface area (Å²) in [6.07, 6.45) is 2.83. The van der Waals surface area contributed by atoms with Crippen LogP contribution >= 0.6 is 15.9 Å². The maximum Gasteiger partial charge on any atom is 0.275 e. The molecule has 1 aliphatic rings. The summed E-state index contributed by atoms with van der Waals surface area (Å²) in [6, 6.07) is 16.3. The van der Waals surface area contributed by atoms with Gasteiger partial charge in [-0.25, -0.2) is 0 Å². The van der Waals surface area contributed by atoms with E-state index in [9.17, 15) is 4.79 Å². The number of nitrogens with one attached hydrogen (secondary N) is 2. The lowest BCUT2D eigenvalue weighted by molar-refractivity contribution is 0.0745. The summed E-state index contributed by atoms with van der Waals surface area (Å²) in [6.45, 7) is 2.62. The second-order valence-corrected chi connectivity index (χ2v) is 8.09. The zero-order valence-electron chi connectivity index (χ0n) is 15.4. The summed E-state index contributed by atoms with van der Waals surface area (Å²) in [5.74, 6) is -0.00731. The molecule has 2 N–H and O–H groups in total. The van der Waals surface area contributed by atoms with Gasteiger partial charge in [-0.1, -0.05) is 46.3 Å². The van der Waals surface area contributed by atoms with E-state index in [1.807, 2.05) is 42.3 Å². The SMILES string of the molecule is Cc1[nH]nc2c1[C@@H](c1ccc(Br)cc1)N(CCc1c[nH]c3ccccc13)C2=O. The van der Waals surface area contributed by atoms with Gasteiger partial charge in [0.25, 0.3) is 5.91 Å². The van der Waals surface area contributed by atoms with E-state index in [4.69, 9.17) is 0 Å². The van der Waals surface area contributed by atoms with E-state index in [0.717, 1.165) is 33.2 Å². The average Bonchev–Trinajstić information content (AvgIpc) is 3.36. The van der Waals surface area contributed by atoms with E-state index < -0.39 is 0 Å². The Morgan fingerprint density at radius 2 is 1.93 bits per heavy atom. The number of nitrogens with zero attached hydrogens (tertiary/aromatic N) is 2. The van der Waals surface area contributed by atoms with Crippen LogP contribution < -0.4 is 0 Å². The minimum absolute atomic E-state index is 0.00731. The number of amides is 1. The van der Waals surface area contributed by atoms with Gasteiger partial charge in [0.1, 0.15) is 0 Å². The molecule has 0 bridgehead atoms. The van der Waals surface area contributed by atoms with Crippen molar-refractivity contribution in [3.63, 3.8) is 0 Å². The number of aryl methyl sites for hydroxylation is 1. The number of aromatic nitrogens is 3. The van der Waals surface area contributed by atoms with Gasteiger partial charge < -0.3 is 9.88 Å². The Balaban J connectivity index is 1.50. The van der Waals surface area contributed by atoms with Crippen molar-refractivity contribution in [2.75, 3.05) is 6.54 Å². The number of carbonyl (C=O) groups excluding carboxylic acids is 1. The number of para-hydroxylation sites is 1. The van der Waals surface area contributed by atoms with Gasteiger partial charge in [0.2, 0.25) is 0 Å². The number of rotatable bonds is 4. The lowest BCUT2D eigenvalue weighted by atomic mass is 9.99. The monoisotopic (exact) mass is 434 g/mol. The maximum absolute atomic E-state index is 13.1. The van der Waals surface area contributed by atoms with E-state index >= 15 is 0 Å². The Hall–Kier alpha value is -2.86. The van der Waals surface area contributed by atoms with Crippen molar-refractivity contribution >= 4 is 32.7 Å². The molecule has 0 spiro atoms. The zero-order valence-corrected chi connectivity index (χ0v) is 17.0. The maximum atomic E-state index is 13.1. The van der Waals surface area contributed by atoms with Crippen LogP contribution in [0.1, 0.15) is 38.9 Å². The average molecular weight is 435 g/mol. The molecule has 2 aromatic carbocycles. The second-order valence-electron chi connectivity index (χ2n) is 7.17. The van der Waals surface area contributed by atoms with Crippen molar-refractivity contribution < 1.29 is 4.79 Å². The van der Waals surface area contributed by atoms with Gasteiger partial charge in [0, 0.05) is 39.4 Å². The van der Waals surface area contributed by atoms with Crippen LogP contribution in [0.5, 0.6) is 0 Å². The molecule has 0 saturated heterocycles. The number of halogens is 1. The van der Waals surface area contributed by atoms with Gasteiger partial charge in [0.15, 0.2) is 5.69 Å². The molecule has 3 heterocycles. The fourth-order valence-electron chi connectivity index (χ4n) is 4.15. The topological polar surface area (TPSA) is 64.8 Å². The van der Waals surface area contributed by atoms with Crippen LogP contribution in [-0.4, -0.2) is 32.5 Å². The van der Waals surface area contributed by atoms with Crippen molar-refractivity contribution in [3.8, 4) is 0 Å². The van der Waals surface area contributed by atoms with Gasteiger partial charge in [0.05, 0.1) is 6.04 Å². The summed E-state index contributed by atoms with van der Waals surface area (Å²) < 4.78 is 1.02. The fourth-order valence-corrected chi connectivity index (χ4v) is 4.41. The first-order chi connectivity index (χ1) is 13.6. The molecule has 0 radical (unpaired) electrons. The number of carbonyl (C=O) groups is 1. The molecule has 0 fully saturated rings. The number of hydrogen-bond donors (Lipinski definition) is 2. The minimum Gasteiger partial charge on any atom is -0.361 e. The molecule has 1 atom stereocenters. The quantitative estimate of drug-likeness (QED) is 0.486. The predicted molar refractivity (Wildman–Crippen MR) is 112 cm³/mol. The van der Waals surface area contributed by atoms with Crippen LogP contribution in [0.25, 0.3) is 10.9 Å². The van der Waals surface area contributed by atoms with Gasteiger partial charge in [-0.3, -0.25) is 9.89 Å². The van der Waals surface area contributed by atoms with E-state index in [-0.39, 0.29) is 11.9 Å². The first-order valence-electron chi connectivity index (χ1n) is 9.30. The van der Waals surface area contributed by atoms with E-state index in [1.165, 1.54) is 10.9 Å². The molecule has 1 aliphatic heterocycles.